The molecule has 5 nitrogen and oxygen atoms in total. The standard InChI is InChI=1S/C20H22N2O3S/c1-12-15(4)26-11-17(12)9-21-20(23)16-5-7-18(8-6-16)24-10-19-13(2)22-25-14(19)3/h5-8,11H,9-10H2,1-4H3,(H,21,23). The summed E-state index contributed by atoms with van der Waals surface area (Å²) in [5.41, 5.74) is 4.81. The van der Waals surface area contributed by atoms with E-state index in [2.05, 4.69) is 29.7 Å². The number of aryl methyl sites for hydroxylation is 3. The number of carbonyl (C=O) groups excluding carboxylic acids is 1. The number of hydrogen-bond acceptors (Lipinski definition) is 5. The Morgan fingerprint density at radius 3 is 2.50 bits per heavy atom. The molecule has 0 saturated carbocycles. The number of thiophene rings is 1. The highest BCUT2D eigenvalue weighted by atomic mass is 32.1. The van der Waals surface area contributed by atoms with Gasteiger partial charge in [-0.3, -0.25) is 4.79 Å². The van der Waals surface area contributed by atoms with Gasteiger partial charge in [-0.05, 0) is 68.5 Å². The first kappa shape index (κ1) is 18.2. The maximum atomic E-state index is 12.3. The van der Waals surface area contributed by atoms with Crippen molar-refractivity contribution in [1.29, 1.82) is 0 Å². The number of rotatable bonds is 6. The van der Waals surface area contributed by atoms with E-state index >= 15 is 0 Å². The molecule has 2 aromatic heterocycles. The molecular formula is C20H22N2O3S. The summed E-state index contributed by atoms with van der Waals surface area (Å²) in [4.78, 5) is 13.6. The lowest BCUT2D eigenvalue weighted by Gasteiger charge is -2.08. The number of aromatic nitrogens is 1. The number of ether oxygens (including phenoxy) is 1. The van der Waals surface area contributed by atoms with E-state index in [1.54, 1.807) is 35.6 Å². The van der Waals surface area contributed by atoms with Crippen LogP contribution in [0.3, 0.4) is 0 Å². The van der Waals surface area contributed by atoms with Crippen LogP contribution >= 0.6 is 11.3 Å². The van der Waals surface area contributed by atoms with Crippen LogP contribution in [0.15, 0.2) is 34.2 Å². The minimum atomic E-state index is -0.0921. The molecule has 136 valence electrons. The van der Waals surface area contributed by atoms with Crippen molar-refractivity contribution in [3.8, 4) is 5.75 Å². The van der Waals surface area contributed by atoms with Gasteiger partial charge in [-0.1, -0.05) is 5.16 Å². The van der Waals surface area contributed by atoms with Gasteiger partial charge in [0.05, 0.1) is 11.3 Å². The Labute approximate surface area is 157 Å². The molecule has 1 amide bonds. The first-order valence-corrected chi connectivity index (χ1v) is 9.30. The van der Waals surface area contributed by atoms with Crippen molar-refractivity contribution in [3.63, 3.8) is 0 Å². The fraction of sp³-hybridized carbons (Fsp3) is 0.300. The number of carbonyl (C=O) groups is 1. The lowest BCUT2D eigenvalue weighted by atomic mass is 10.1. The molecule has 0 aliphatic heterocycles. The maximum Gasteiger partial charge on any atom is 0.251 e. The summed E-state index contributed by atoms with van der Waals surface area (Å²) in [6.45, 7) is 8.86. The lowest BCUT2D eigenvalue weighted by Crippen LogP contribution is -2.22. The minimum Gasteiger partial charge on any atom is -0.489 e. The largest absolute Gasteiger partial charge is 0.489 e. The average Bonchev–Trinajstić information content (AvgIpc) is 3.13. The Balaban J connectivity index is 1.56. The van der Waals surface area contributed by atoms with E-state index in [1.807, 2.05) is 13.8 Å². The van der Waals surface area contributed by atoms with Crippen molar-refractivity contribution in [3.05, 3.63) is 68.2 Å². The molecule has 0 unspecified atom stereocenters. The van der Waals surface area contributed by atoms with Crippen LogP contribution in [0.2, 0.25) is 0 Å². The summed E-state index contributed by atoms with van der Waals surface area (Å²) in [6, 6.07) is 7.13. The van der Waals surface area contributed by atoms with Crippen LogP contribution in [0.4, 0.5) is 0 Å². The molecule has 1 aromatic carbocycles. The van der Waals surface area contributed by atoms with Gasteiger partial charge in [0.15, 0.2) is 0 Å². The van der Waals surface area contributed by atoms with Gasteiger partial charge >= 0.3 is 0 Å². The van der Waals surface area contributed by atoms with Crippen LogP contribution in [0.25, 0.3) is 0 Å². The van der Waals surface area contributed by atoms with E-state index in [4.69, 9.17) is 9.26 Å². The van der Waals surface area contributed by atoms with Gasteiger partial charge < -0.3 is 14.6 Å². The third-order valence-corrected chi connectivity index (χ3v) is 5.57. The molecule has 0 bridgehead atoms. The smallest absolute Gasteiger partial charge is 0.251 e. The van der Waals surface area contributed by atoms with Crippen molar-refractivity contribution < 1.29 is 14.1 Å². The average molecular weight is 370 g/mol. The van der Waals surface area contributed by atoms with Crippen LogP contribution in [0.1, 0.15) is 43.4 Å². The molecule has 2 heterocycles. The Kier molecular flexibility index (Phi) is 5.42. The molecule has 0 radical (unpaired) electrons. The quantitative estimate of drug-likeness (QED) is 0.695. The summed E-state index contributed by atoms with van der Waals surface area (Å²) in [5.74, 6) is 1.37. The summed E-state index contributed by atoms with van der Waals surface area (Å²) < 4.78 is 10.9. The molecule has 6 heteroatoms. The van der Waals surface area contributed by atoms with Gasteiger partial charge in [0.2, 0.25) is 0 Å². The van der Waals surface area contributed by atoms with Crippen molar-refractivity contribution in [1.82, 2.24) is 10.5 Å². The molecule has 0 fully saturated rings. The van der Waals surface area contributed by atoms with Crippen LogP contribution in [-0.4, -0.2) is 11.1 Å². The summed E-state index contributed by atoms with van der Waals surface area (Å²) in [7, 11) is 0. The first-order valence-electron chi connectivity index (χ1n) is 8.42. The second kappa shape index (κ2) is 7.74. The minimum absolute atomic E-state index is 0.0921. The zero-order valence-corrected chi connectivity index (χ0v) is 16.2. The third-order valence-electron chi connectivity index (χ3n) is 4.51. The van der Waals surface area contributed by atoms with Crippen LogP contribution in [0, 0.1) is 27.7 Å². The van der Waals surface area contributed by atoms with Gasteiger partial charge in [-0.25, -0.2) is 0 Å². The van der Waals surface area contributed by atoms with Gasteiger partial charge in [-0.15, -0.1) is 11.3 Å². The second-order valence-electron chi connectivity index (χ2n) is 6.24. The van der Waals surface area contributed by atoms with Crippen LogP contribution < -0.4 is 10.1 Å². The molecule has 0 spiro atoms. The highest BCUT2D eigenvalue weighted by Gasteiger charge is 2.11. The Bertz CT molecular complexity index is 890. The third kappa shape index (κ3) is 3.96. The normalized spacial score (nSPS) is 10.8. The van der Waals surface area contributed by atoms with Gasteiger partial charge in [0, 0.05) is 17.0 Å². The number of nitrogens with one attached hydrogen (secondary N) is 1. The summed E-state index contributed by atoms with van der Waals surface area (Å²) in [5, 5.41) is 8.97. The number of benzene rings is 1. The zero-order chi connectivity index (χ0) is 18.7. The molecule has 26 heavy (non-hydrogen) atoms. The Morgan fingerprint density at radius 1 is 1.19 bits per heavy atom. The molecule has 1 N–H and O–H groups in total. The summed E-state index contributed by atoms with van der Waals surface area (Å²) >= 11 is 1.71. The molecule has 3 aromatic rings. The second-order valence-corrected chi connectivity index (χ2v) is 7.32. The van der Waals surface area contributed by atoms with Gasteiger partial charge in [-0.2, -0.15) is 0 Å². The van der Waals surface area contributed by atoms with Gasteiger partial charge in [0.1, 0.15) is 18.1 Å². The van der Waals surface area contributed by atoms with Crippen LogP contribution in [0.5, 0.6) is 5.75 Å². The van der Waals surface area contributed by atoms with Crippen molar-refractivity contribution in [2.45, 2.75) is 40.8 Å². The first-order chi connectivity index (χ1) is 12.5. The van der Waals surface area contributed by atoms with E-state index in [1.165, 1.54) is 16.0 Å². The van der Waals surface area contributed by atoms with E-state index in [-0.39, 0.29) is 5.91 Å². The van der Waals surface area contributed by atoms with E-state index in [0.29, 0.717) is 24.5 Å². The number of amides is 1. The lowest BCUT2D eigenvalue weighted by molar-refractivity contribution is 0.0951. The monoisotopic (exact) mass is 370 g/mol. The predicted octanol–water partition coefficient (Wildman–Crippen LogP) is 4.48. The predicted molar refractivity (Wildman–Crippen MR) is 102 cm³/mol. The van der Waals surface area contributed by atoms with E-state index in [9.17, 15) is 4.79 Å². The van der Waals surface area contributed by atoms with E-state index < -0.39 is 0 Å². The van der Waals surface area contributed by atoms with E-state index in [0.717, 1.165) is 17.0 Å². The van der Waals surface area contributed by atoms with Crippen molar-refractivity contribution in [2.24, 2.45) is 0 Å². The molecule has 0 aliphatic rings. The van der Waals surface area contributed by atoms with Crippen LogP contribution in [-0.2, 0) is 13.2 Å². The van der Waals surface area contributed by atoms with Crippen molar-refractivity contribution >= 4 is 17.2 Å². The van der Waals surface area contributed by atoms with Gasteiger partial charge in [0.25, 0.3) is 5.91 Å². The molecule has 0 atom stereocenters. The fourth-order valence-corrected chi connectivity index (χ4v) is 3.47. The summed E-state index contributed by atoms with van der Waals surface area (Å²) in [6.07, 6.45) is 0. The number of hydrogen-bond donors (Lipinski definition) is 1. The highest BCUT2D eigenvalue weighted by molar-refractivity contribution is 7.10. The number of nitrogens with zero attached hydrogens (tertiary/aromatic N) is 1. The Hall–Kier alpha value is -2.60. The highest BCUT2D eigenvalue weighted by Crippen LogP contribution is 2.21. The molecule has 0 saturated heterocycles. The van der Waals surface area contributed by atoms with Crippen molar-refractivity contribution in [2.75, 3.05) is 0 Å². The fourth-order valence-electron chi connectivity index (χ4n) is 2.58. The Morgan fingerprint density at radius 2 is 1.92 bits per heavy atom. The SMILES string of the molecule is Cc1noc(C)c1COc1ccc(C(=O)NCc2csc(C)c2C)cc1. The molecule has 0 aliphatic carbocycles. The molecular weight excluding hydrogens is 348 g/mol. The zero-order valence-electron chi connectivity index (χ0n) is 15.4. The topological polar surface area (TPSA) is 64.4 Å². The maximum absolute atomic E-state index is 12.3. The molecule has 3 rings (SSSR count).